The fraction of sp³-hybridized carbons (Fsp3) is 0.643. The van der Waals surface area contributed by atoms with E-state index in [1.54, 1.807) is 0 Å². The smallest absolute Gasteiger partial charge is 0.155 e. The van der Waals surface area contributed by atoms with E-state index in [4.69, 9.17) is 0 Å². The van der Waals surface area contributed by atoms with Gasteiger partial charge in [-0.15, -0.1) is 0 Å². The van der Waals surface area contributed by atoms with Crippen LogP contribution in [-0.4, -0.2) is 5.78 Å². The highest BCUT2D eigenvalue weighted by molar-refractivity contribution is 5.89. The molecule has 0 saturated carbocycles. The molecule has 0 bridgehead atoms. The standard InChI is InChI=1S/C14H22O/c1-5-13(15)10-11-7-6-8-12(9-11)14(2,3)4/h5,9,11H,1,6-8,10H2,2-4H3. The number of rotatable bonds is 3. The van der Waals surface area contributed by atoms with Gasteiger partial charge < -0.3 is 0 Å². The van der Waals surface area contributed by atoms with Crippen LogP contribution >= 0.6 is 0 Å². The van der Waals surface area contributed by atoms with Gasteiger partial charge in [-0.05, 0) is 36.7 Å². The van der Waals surface area contributed by atoms with Crippen molar-refractivity contribution < 1.29 is 4.79 Å². The number of hydrogen-bond acceptors (Lipinski definition) is 1. The summed E-state index contributed by atoms with van der Waals surface area (Å²) >= 11 is 0. The summed E-state index contributed by atoms with van der Waals surface area (Å²) < 4.78 is 0. The minimum Gasteiger partial charge on any atom is -0.295 e. The Bertz CT molecular complexity index is 278. The van der Waals surface area contributed by atoms with Crippen molar-refractivity contribution in [2.75, 3.05) is 0 Å². The van der Waals surface area contributed by atoms with E-state index < -0.39 is 0 Å². The predicted molar refractivity (Wildman–Crippen MR) is 64.7 cm³/mol. The first-order valence-corrected chi connectivity index (χ1v) is 5.80. The lowest BCUT2D eigenvalue weighted by Crippen LogP contribution is -2.16. The number of allylic oxidation sites excluding steroid dienone is 3. The molecule has 1 aliphatic carbocycles. The van der Waals surface area contributed by atoms with E-state index in [0.29, 0.717) is 12.3 Å². The lowest BCUT2D eigenvalue weighted by atomic mass is 9.76. The van der Waals surface area contributed by atoms with E-state index >= 15 is 0 Å². The van der Waals surface area contributed by atoms with Gasteiger partial charge in [-0.2, -0.15) is 0 Å². The molecule has 1 rings (SSSR count). The summed E-state index contributed by atoms with van der Waals surface area (Å²) in [7, 11) is 0. The fourth-order valence-electron chi connectivity index (χ4n) is 2.13. The van der Waals surface area contributed by atoms with Gasteiger partial charge in [0.2, 0.25) is 0 Å². The molecule has 0 heterocycles. The largest absolute Gasteiger partial charge is 0.295 e. The molecule has 0 fully saturated rings. The van der Waals surface area contributed by atoms with Crippen LogP contribution in [0.1, 0.15) is 46.5 Å². The molecule has 1 aliphatic rings. The summed E-state index contributed by atoms with van der Waals surface area (Å²) in [6.07, 6.45) is 7.98. The maximum atomic E-state index is 11.3. The van der Waals surface area contributed by atoms with Crippen LogP contribution in [0.15, 0.2) is 24.3 Å². The molecule has 1 heteroatoms. The summed E-state index contributed by atoms with van der Waals surface area (Å²) in [6, 6.07) is 0. The molecule has 0 aliphatic heterocycles. The summed E-state index contributed by atoms with van der Waals surface area (Å²) in [5.74, 6) is 0.616. The van der Waals surface area contributed by atoms with Crippen molar-refractivity contribution >= 4 is 5.78 Å². The Morgan fingerprint density at radius 3 is 2.80 bits per heavy atom. The highest BCUT2D eigenvalue weighted by Gasteiger charge is 2.22. The van der Waals surface area contributed by atoms with Gasteiger partial charge in [0.15, 0.2) is 5.78 Å². The summed E-state index contributed by atoms with van der Waals surface area (Å²) in [5, 5.41) is 0. The molecular formula is C14H22O. The van der Waals surface area contributed by atoms with Crippen molar-refractivity contribution in [2.45, 2.75) is 46.5 Å². The molecule has 0 radical (unpaired) electrons. The summed E-state index contributed by atoms with van der Waals surface area (Å²) in [4.78, 5) is 11.3. The SMILES string of the molecule is C=CC(=O)CC1C=C(C(C)(C)C)CCC1. The van der Waals surface area contributed by atoms with Crippen LogP contribution in [0.5, 0.6) is 0 Å². The van der Waals surface area contributed by atoms with Crippen molar-refractivity contribution in [3.05, 3.63) is 24.3 Å². The molecule has 1 nitrogen and oxygen atoms in total. The second-order valence-electron chi connectivity index (χ2n) is 5.47. The zero-order valence-electron chi connectivity index (χ0n) is 10.2. The normalized spacial score (nSPS) is 22.1. The van der Waals surface area contributed by atoms with Crippen molar-refractivity contribution in [3.63, 3.8) is 0 Å². The third kappa shape index (κ3) is 3.65. The van der Waals surface area contributed by atoms with Crippen LogP contribution in [0.4, 0.5) is 0 Å². The molecule has 1 atom stereocenters. The minimum atomic E-state index is 0.173. The van der Waals surface area contributed by atoms with Crippen LogP contribution in [0, 0.1) is 11.3 Å². The molecule has 0 aromatic heterocycles. The van der Waals surface area contributed by atoms with Crippen molar-refractivity contribution in [3.8, 4) is 0 Å². The third-order valence-electron chi connectivity index (χ3n) is 3.11. The Kier molecular flexibility index (Phi) is 3.90. The van der Waals surface area contributed by atoms with Crippen LogP contribution in [0.25, 0.3) is 0 Å². The number of ketones is 1. The van der Waals surface area contributed by atoms with Gasteiger partial charge >= 0.3 is 0 Å². The van der Waals surface area contributed by atoms with Crippen LogP contribution in [0.2, 0.25) is 0 Å². The van der Waals surface area contributed by atoms with Gasteiger partial charge in [-0.25, -0.2) is 0 Å². The van der Waals surface area contributed by atoms with Gasteiger partial charge in [0, 0.05) is 6.42 Å². The topological polar surface area (TPSA) is 17.1 Å². The summed E-state index contributed by atoms with van der Waals surface area (Å²) in [5.41, 5.74) is 1.77. The van der Waals surface area contributed by atoms with Gasteiger partial charge in [-0.1, -0.05) is 39.0 Å². The molecule has 0 amide bonds. The predicted octanol–water partition coefficient (Wildman–Crippen LogP) is 3.90. The number of carbonyl (C=O) groups is 1. The maximum Gasteiger partial charge on any atom is 0.155 e. The van der Waals surface area contributed by atoms with Gasteiger partial charge in [0.1, 0.15) is 0 Å². The fourth-order valence-corrected chi connectivity index (χ4v) is 2.13. The second kappa shape index (κ2) is 4.78. The van der Waals surface area contributed by atoms with Crippen molar-refractivity contribution in [1.29, 1.82) is 0 Å². The van der Waals surface area contributed by atoms with Crippen molar-refractivity contribution in [2.24, 2.45) is 11.3 Å². The Morgan fingerprint density at radius 2 is 2.27 bits per heavy atom. The molecule has 84 valence electrons. The lowest BCUT2D eigenvalue weighted by Gasteiger charge is -2.29. The monoisotopic (exact) mass is 206 g/mol. The van der Waals surface area contributed by atoms with Gasteiger partial charge in [0.05, 0.1) is 0 Å². The van der Waals surface area contributed by atoms with E-state index in [2.05, 4.69) is 33.4 Å². The lowest BCUT2D eigenvalue weighted by molar-refractivity contribution is -0.115. The molecule has 0 aromatic carbocycles. The molecule has 0 aromatic rings. The minimum absolute atomic E-state index is 0.173. The Hall–Kier alpha value is -0.850. The first kappa shape index (κ1) is 12.2. The van der Waals surface area contributed by atoms with E-state index in [-0.39, 0.29) is 11.2 Å². The zero-order chi connectivity index (χ0) is 11.5. The molecule has 1 unspecified atom stereocenters. The van der Waals surface area contributed by atoms with Crippen LogP contribution in [-0.2, 0) is 4.79 Å². The molecule has 15 heavy (non-hydrogen) atoms. The third-order valence-corrected chi connectivity index (χ3v) is 3.11. The van der Waals surface area contributed by atoms with E-state index in [9.17, 15) is 4.79 Å². The quantitative estimate of drug-likeness (QED) is 0.505. The average molecular weight is 206 g/mol. The molecule has 0 spiro atoms. The Morgan fingerprint density at radius 1 is 1.60 bits per heavy atom. The maximum absolute atomic E-state index is 11.3. The molecular weight excluding hydrogens is 184 g/mol. The van der Waals surface area contributed by atoms with Gasteiger partial charge in [-0.3, -0.25) is 4.79 Å². The van der Waals surface area contributed by atoms with Crippen molar-refractivity contribution in [1.82, 2.24) is 0 Å². The van der Waals surface area contributed by atoms with E-state index in [1.165, 1.54) is 24.5 Å². The highest BCUT2D eigenvalue weighted by atomic mass is 16.1. The average Bonchev–Trinajstić information content (AvgIpc) is 2.17. The Balaban J connectivity index is 2.69. The van der Waals surface area contributed by atoms with Crippen LogP contribution in [0.3, 0.4) is 0 Å². The zero-order valence-corrected chi connectivity index (χ0v) is 10.2. The number of hydrogen-bond donors (Lipinski definition) is 0. The highest BCUT2D eigenvalue weighted by Crippen LogP contribution is 2.36. The summed E-state index contributed by atoms with van der Waals surface area (Å²) in [6.45, 7) is 10.3. The van der Waals surface area contributed by atoms with Gasteiger partial charge in [0.25, 0.3) is 0 Å². The number of carbonyl (C=O) groups excluding carboxylic acids is 1. The van der Waals surface area contributed by atoms with E-state index in [0.717, 1.165) is 6.42 Å². The Labute approximate surface area is 93.3 Å². The first-order valence-electron chi connectivity index (χ1n) is 5.80. The first-order chi connectivity index (χ1) is 6.93. The molecule has 0 saturated heterocycles. The van der Waals surface area contributed by atoms with E-state index in [1.807, 2.05) is 0 Å². The van der Waals surface area contributed by atoms with Crippen LogP contribution < -0.4 is 0 Å². The molecule has 0 N–H and O–H groups in total. The second-order valence-corrected chi connectivity index (χ2v) is 5.47.